The van der Waals surface area contributed by atoms with E-state index in [1.807, 2.05) is 6.92 Å². The number of carbonyl (C=O) groups excluding carboxylic acids is 1. The van der Waals surface area contributed by atoms with Crippen molar-refractivity contribution >= 4 is 18.4 Å². The van der Waals surface area contributed by atoms with Crippen molar-refractivity contribution < 1.29 is 9.53 Å². The Morgan fingerprint density at radius 3 is 2.46 bits per heavy atom. The van der Waals surface area contributed by atoms with Crippen LogP contribution in [0, 0.1) is 5.92 Å². The van der Waals surface area contributed by atoms with Crippen LogP contribution < -0.4 is 0 Å². The highest BCUT2D eigenvalue weighted by atomic mass is 35.5. The van der Waals surface area contributed by atoms with E-state index in [9.17, 15) is 4.79 Å². The SMILES string of the molecule is CCOC(=O)C1C2CCN1CC2.Cl. The van der Waals surface area contributed by atoms with Crippen LogP contribution in [0.3, 0.4) is 0 Å². The normalized spacial score (nSPS) is 35.6. The van der Waals surface area contributed by atoms with Crippen molar-refractivity contribution in [3.63, 3.8) is 0 Å². The van der Waals surface area contributed by atoms with Crippen LogP contribution in [0.2, 0.25) is 0 Å². The number of hydrogen-bond acceptors (Lipinski definition) is 3. The van der Waals surface area contributed by atoms with Gasteiger partial charge in [0.15, 0.2) is 0 Å². The average Bonchev–Trinajstić information content (AvgIpc) is 2.62. The van der Waals surface area contributed by atoms with E-state index in [0.29, 0.717) is 12.5 Å². The van der Waals surface area contributed by atoms with Crippen LogP contribution >= 0.6 is 12.4 Å². The van der Waals surface area contributed by atoms with Crippen molar-refractivity contribution in [3.8, 4) is 0 Å². The zero-order valence-corrected chi connectivity index (χ0v) is 8.68. The lowest BCUT2D eigenvalue weighted by molar-refractivity contribution is -0.148. The smallest absolute Gasteiger partial charge is 0.323 e. The minimum Gasteiger partial charge on any atom is -0.465 e. The summed E-state index contributed by atoms with van der Waals surface area (Å²) in [6, 6.07) is 0.102. The summed E-state index contributed by atoms with van der Waals surface area (Å²) in [7, 11) is 0. The fraction of sp³-hybridized carbons (Fsp3) is 0.889. The van der Waals surface area contributed by atoms with E-state index in [2.05, 4.69) is 4.90 Å². The number of halogens is 1. The average molecular weight is 206 g/mol. The van der Waals surface area contributed by atoms with Gasteiger partial charge in [0, 0.05) is 0 Å². The molecule has 3 nitrogen and oxygen atoms in total. The zero-order chi connectivity index (χ0) is 8.55. The highest BCUT2D eigenvalue weighted by molar-refractivity contribution is 5.85. The van der Waals surface area contributed by atoms with E-state index in [0.717, 1.165) is 13.1 Å². The summed E-state index contributed by atoms with van der Waals surface area (Å²) in [5, 5.41) is 0. The van der Waals surface area contributed by atoms with Crippen LogP contribution in [0.15, 0.2) is 0 Å². The molecule has 0 spiro atoms. The predicted molar refractivity (Wildman–Crippen MR) is 52.0 cm³/mol. The molecule has 2 aliphatic heterocycles. The number of esters is 1. The van der Waals surface area contributed by atoms with Crippen molar-refractivity contribution in [3.05, 3.63) is 0 Å². The third-order valence-electron chi connectivity index (χ3n) is 2.94. The molecule has 1 atom stereocenters. The summed E-state index contributed by atoms with van der Waals surface area (Å²) < 4.78 is 5.03. The van der Waals surface area contributed by atoms with Crippen molar-refractivity contribution in [2.45, 2.75) is 25.8 Å². The van der Waals surface area contributed by atoms with Crippen molar-refractivity contribution in [2.24, 2.45) is 5.92 Å². The molecule has 0 aliphatic carbocycles. The molecule has 2 fully saturated rings. The molecule has 0 amide bonds. The van der Waals surface area contributed by atoms with Gasteiger partial charge in [-0.2, -0.15) is 0 Å². The molecule has 4 heteroatoms. The third kappa shape index (κ3) is 1.81. The van der Waals surface area contributed by atoms with Gasteiger partial charge in [-0.15, -0.1) is 12.4 Å². The molecule has 13 heavy (non-hydrogen) atoms. The standard InChI is InChI=1S/C9H15NO2.ClH/c1-2-12-9(11)8-7-3-5-10(8)6-4-7;/h7-8H,2-6H2,1H3;1H. The van der Waals surface area contributed by atoms with E-state index < -0.39 is 0 Å². The van der Waals surface area contributed by atoms with Crippen molar-refractivity contribution in [2.75, 3.05) is 19.7 Å². The highest BCUT2D eigenvalue weighted by Crippen LogP contribution is 2.34. The Morgan fingerprint density at radius 1 is 1.46 bits per heavy atom. The van der Waals surface area contributed by atoms with Crippen LogP contribution in [0.1, 0.15) is 19.8 Å². The number of fused-ring (bicyclic) bond motifs is 2. The fourth-order valence-corrected chi connectivity index (χ4v) is 2.38. The van der Waals surface area contributed by atoms with Gasteiger partial charge in [-0.1, -0.05) is 0 Å². The van der Waals surface area contributed by atoms with Gasteiger partial charge in [-0.3, -0.25) is 9.69 Å². The Labute approximate surface area is 84.8 Å². The molecule has 1 unspecified atom stereocenters. The second-order valence-corrected chi connectivity index (χ2v) is 3.57. The number of piperidine rings is 1. The van der Waals surface area contributed by atoms with Crippen molar-refractivity contribution in [1.29, 1.82) is 0 Å². The Morgan fingerprint density at radius 2 is 2.08 bits per heavy atom. The maximum absolute atomic E-state index is 11.4. The van der Waals surface area contributed by atoms with Gasteiger partial charge in [0.05, 0.1) is 6.61 Å². The van der Waals surface area contributed by atoms with Gasteiger partial charge in [0.2, 0.25) is 0 Å². The van der Waals surface area contributed by atoms with E-state index in [-0.39, 0.29) is 24.4 Å². The molecule has 2 saturated heterocycles. The first-order chi connectivity index (χ1) is 5.83. The first-order valence-electron chi connectivity index (χ1n) is 4.73. The van der Waals surface area contributed by atoms with Gasteiger partial charge in [0.1, 0.15) is 6.04 Å². The highest BCUT2D eigenvalue weighted by Gasteiger charge is 2.44. The number of hydrogen-bond donors (Lipinski definition) is 0. The maximum atomic E-state index is 11.4. The van der Waals surface area contributed by atoms with E-state index in [4.69, 9.17) is 4.74 Å². The van der Waals surface area contributed by atoms with Crippen LogP contribution in [0.4, 0.5) is 0 Å². The molecule has 0 radical (unpaired) electrons. The molecule has 2 heterocycles. The molecule has 0 N–H and O–H groups in total. The maximum Gasteiger partial charge on any atom is 0.323 e. The Balaban J connectivity index is 0.000000845. The van der Waals surface area contributed by atoms with Gasteiger partial charge < -0.3 is 4.74 Å². The summed E-state index contributed by atoms with van der Waals surface area (Å²) in [6.07, 6.45) is 2.37. The topological polar surface area (TPSA) is 29.5 Å². The van der Waals surface area contributed by atoms with Crippen LogP contribution in [0.25, 0.3) is 0 Å². The summed E-state index contributed by atoms with van der Waals surface area (Å²) >= 11 is 0. The molecule has 0 aromatic carbocycles. The van der Waals surface area contributed by atoms with Gasteiger partial charge in [-0.25, -0.2) is 0 Å². The van der Waals surface area contributed by atoms with Crippen LogP contribution in [-0.2, 0) is 9.53 Å². The Hall–Kier alpha value is -0.280. The number of ether oxygens (including phenoxy) is 1. The third-order valence-corrected chi connectivity index (χ3v) is 2.94. The van der Waals surface area contributed by atoms with Gasteiger partial charge in [0.25, 0.3) is 0 Å². The second-order valence-electron chi connectivity index (χ2n) is 3.57. The van der Waals surface area contributed by atoms with E-state index in [1.165, 1.54) is 12.8 Å². The first kappa shape index (κ1) is 10.8. The Bertz CT molecular complexity index is 178. The summed E-state index contributed by atoms with van der Waals surface area (Å²) in [5.74, 6) is 0.585. The van der Waals surface area contributed by atoms with Crippen LogP contribution in [0.5, 0.6) is 0 Å². The fourth-order valence-electron chi connectivity index (χ4n) is 2.38. The second kappa shape index (κ2) is 4.29. The first-order valence-corrected chi connectivity index (χ1v) is 4.73. The minimum atomic E-state index is -0.00231. The molecular weight excluding hydrogens is 190 g/mol. The summed E-state index contributed by atoms with van der Waals surface area (Å²) in [5.41, 5.74) is 0. The minimum absolute atomic E-state index is 0. The monoisotopic (exact) mass is 205 g/mol. The summed E-state index contributed by atoms with van der Waals surface area (Å²) in [4.78, 5) is 13.7. The summed E-state index contributed by atoms with van der Waals surface area (Å²) in [6.45, 7) is 4.56. The molecule has 76 valence electrons. The van der Waals surface area contributed by atoms with Crippen LogP contribution in [-0.4, -0.2) is 36.6 Å². The quantitative estimate of drug-likeness (QED) is 0.632. The largest absolute Gasteiger partial charge is 0.465 e. The predicted octanol–water partition coefficient (Wildman–Crippen LogP) is 1.07. The van der Waals surface area contributed by atoms with Gasteiger partial charge >= 0.3 is 5.97 Å². The molecule has 2 rings (SSSR count). The zero-order valence-electron chi connectivity index (χ0n) is 7.86. The van der Waals surface area contributed by atoms with E-state index >= 15 is 0 Å². The molecule has 0 saturated carbocycles. The molecule has 2 aliphatic rings. The van der Waals surface area contributed by atoms with Gasteiger partial charge in [-0.05, 0) is 38.8 Å². The lowest BCUT2D eigenvalue weighted by Crippen LogP contribution is -2.34. The molecule has 0 aromatic rings. The lowest BCUT2D eigenvalue weighted by atomic mass is 10.00. The number of nitrogens with zero attached hydrogens (tertiary/aromatic N) is 1. The molecule has 2 bridgehead atoms. The van der Waals surface area contributed by atoms with Crippen molar-refractivity contribution in [1.82, 2.24) is 4.90 Å². The number of carbonyl (C=O) groups is 1. The Kier molecular flexibility index (Phi) is 3.56. The lowest BCUT2D eigenvalue weighted by Gasteiger charge is -2.16. The molecule has 0 aromatic heterocycles. The molecular formula is C9H16ClNO2. The van der Waals surface area contributed by atoms with E-state index in [1.54, 1.807) is 0 Å². The number of rotatable bonds is 2.